The Labute approximate surface area is 248 Å². The predicted molar refractivity (Wildman–Crippen MR) is 161 cm³/mol. The largest absolute Gasteiger partial charge is 0.497 e. The molecule has 1 unspecified atom stereocenters. The zero-order valence-corrected chi connectivity index (χ0v) is 24.3. The summed E-state index contributed by atoms with van der Waals surface area (Å²) in [4.78, 5) is 30.1. The van der Waals surface area contributed by atoms with Gasteiger partial charge < -0.3 is 25.4 Å². The fourth-order valence-electron chi connectivity index (χ4n) is 5.22. The summed E-state index contributed by atoms with van der Waals surface area (Å²) in [6.45, 7) is 0.0447. The summed E-state index contributed by atoms with van der Waals surface area (Å²) in [5, 5.41) is 3.16. The van der Waals surface area contributed by atoms with E-state index in [-0.39, 0.29) is 29.1 Å². The molecule has 0 bridgehead atoms. The van der Waals surface area contributed by atoms with Crippen LogP contribution in [0.2, 0.25) is 0 Å². The number of carbonyl (C=O) groups excluding carboxylic acids is 2. The topological polar surface area (TPSA) is 107 Å². The normalized spacial score (nSPS) is 13.9. The van der Waals surface area contributed by atoms with Crippen LogP contribution in [0.3, 0.4) is 0 Å². The monoisotopic (exact) mass is 588 g/mol. The van der Waals surface area contributed by atoms with Crippen LogP contribution in [0, 0.1) is 5.82 Å². The van der Waals surface area contributed by atoms with Crippen molar-refractivity contribution in [3.63, 3.8) is 0 Å². The second-order valence-corrected chi connectivity index (χ2v) is 11.0. The van der Waals surface area contributed by atoms with E-state index in [1.165, 1.54) is 17.0 Å². The minimum atomic E-state index is -0.986. The Balaban J connectivity index is 1.56. The first-order valence-corrected chi connectivity index (χ1v) is 14.5. The van der Waals surface area contributed by atoms with Gasteiger partial charge in [-0.1, -0.05) is 37.1 Å². The average molecular weight is 589 g/mol. The number of halogens is 1. The van der Waals surface area contributed by atoms with Crippen LogP contribution in [0.25, 0.3) is 11.3 Å². The van der Waals surface area contributed by atoms with Crippen molar-refractivity contribution in [2.45, 2.75) is 44.3 Å². The molecule has 8 nitrogen and oxygen atoms in total. The minimum Gasteiger partial charge on any atom is -0.497 e. The maximum absolute atomic E-state index is 14.4. The molecule has 42 heavy (non-hydrogen) atoms. The number of anilines is 1. The lowest BCUT2D eigenvalue weighted by Gasteiger charge is -2.32. The van der Waals surface area contributed by atoms with Gasteiger partial charge in [0.05, 0.1) is 19.9 Å². The highest BCUT2D eigenvalue weighted by Crippen LogP contribution is 2.35. The summed E-state index contributed by atoms with van der Waals surface area (Å²) in [5.74, 6) is 0.182. The van der Waals surface area contributed by atoms with Crippen LogP contribution in [0.4, 0.5) is 10.1 Å². The Bertz CT molecular complexity index is 1520. The van der Waals surface area contributed by atoms with E-state index >= 15 is 0 Å². The molecule has 218 valence electrons. The van der Waals surface area contributed by atoms with E-state index in [0.29, 0.717) is 28.3 Å². The molecular weight excluding hydrogens is 555 g/mol. The molecule has 0 spiro atoms. The van der Waals surface area contributed by atoms with Gasteiger partial charge in [0, 0.05) is 18.2 Å². The molecule has 1 aromatic heterocycles. The van der Waals surface area contributed by atoms with Crippen LogP contribution in [0.15, 0.2) is 72.8 Å². The zero-order valence-electron chi connectivity index (χ0n) is 23.5. The number of aromatic nitrogens is 1. The number of carbonyl (C=O) groups is 2. The maximum atomic E-state index is 14.4. The first-order valence-electron chi connectivity index (χ1n) is 13.8. The van der Waals surface area contributed by atoms with Crippen LogP contribution in [-0.4, -0.2) is 41.3 Å². The van der Waals surface area contributed by atoms with Crippen molar-refractivity contribution < 1.29 is 23.5 Å². The molecule has 5 rings (SSSR count). The molecule has 3 N–H and O–H groups in total. The molecule has 2 amide bonds. The summed E-state index contributed by atoms with van der Waals surface area (Å²) >= 11 is 0.985. The van der Waals surface area contributed by atoms with Gasteiger partial charge in [-0.05, 0) is 84.0 Å². The Kier molecular flexibility index (Phi) is 9.02. The fourth-order valence-corrected chi connectivity index (χ4v) is 5.99. The molecule has 10 heteroatoms. The van der Waals surface area contributed by atoms with Crippen LogP contribution in [-0.2, 0) is 11.3 Å². The van der Waals surface area contributed by atoms with E-state index in [4.69, 9.17) is 15.2 Å². The minimum absolute atomic E-state index is 0.0381. The summed E-state index contributed by atoms with van der Waals surface area (Å²) in [5.41, 5.74) is 9.26. The lowest BCUT2D eigenvalue weighted by Crippen LogP contribution is -2.45. The molecule has 1 aliphatic rings. The molecular formula is C32H33FN4O4S. The first kappa shape index (κ1) is 29.1. The van der Waals surface area contributed by atoms with Crippen molar-refractivity contribution >= 4 is 29.0 Å². The van der Waals surface area contributed by atoms with Crippen LogP contribution < -0.4 is 20.5 Å². The highest BCUT2D eigenvalue weighted by atomic mass is 32.1. The molecule has 1 atom stereocenters. The van der Waals surface area contributed by atoms with E-state index in [1.807, 2.05) is 12.1 Å². The van der Waals surface area contributed by atoms with E-state index in [9.17, 15) is 14.0 Å². The van der Waals surface area contributed by atoms with Gasteiger partial charge in [0.1, 0.15) is 33.9 Å². The number of benzene rings is 3. The number of nitrogen functional groups attached to an aromatic ring is 1. The van der Waals surface area contributed by atoms with Gasteiger partial charge in [-0.3, -0.25) is 9.59 Å². The summed E-state index contributed by atoms with van der Waals surface area (Å²) in [6, 6.07) is 19.2. The molecule has 1 heterocycles. The molecule has 1 fully saturated rings. The number of nitrogens with one attached hydrogen (secondary N) is 1. The number of rotatable bonds is 10. The van der Waals surface area contributed by atoms with Crippen molar-refractivity contribution in [1.29, 1.82) is 0 Å². The van der Waals surface area contributed by atoms with E-state index < -0.39 is 17.8 Å². The number of nitrogens with two attached hydrogens (primary N) is 1. The van der Waals surface area contributed by atoms with Gasteiger partial charge >= 0.3 is 0 Å². The standard InChI is InChI=1S/C32H33FN4O4S/c1-40-25-15-9-21(10-16-25)28-27(34)30(42-36-28)32(39)37(19-20-7-13-23(33)14-8-20)29(22-11-17-26(41-2)18-12-22)31(38)35-24-5-3-4-6-24/h7-18,24,29H,3-6,19,34H2,1-2H3,(H,35,38). The summed E-state index contributed by atoms with van der Waals surface area (Å²) in [7, 11) is 3.15. The number of hydrogen-bond donors (Lipinski definition) is 2. The third-order valence-corrected chi connectivity index (χ3v) is 8.36. The Hall–Kier alpha value is -4.44. The highest BCUT2D eigenvalue weighted by molar-refractivity contribution is 7.09. The fraction of sp³-hybridized carbons (Fsp3) is 0.281. The quantitative estimate of drug-likeness (QED) is 0.236. The van der Waals surface area contributed by atoms with E-state index in [2.05, 4.69) is 9.69 Å². The summed E-state index contributed by atoms with van der Waals surface area (Å²) < 4.78 is 28.9. The molecule has 4 aromatic rings. The summed E-state index contributed by atoms with van der Waals surface area (Å²) in [6.07, 6.45) is 3.86. The average Bonchev–Trinajstić information content (AvgIpc) is 3.67. The lowest BCUT2D eigenvalue weighted by molar-refractivity contribution is -0.126. The molecule has 3 aromatic carbocycles. The zero-order chi connectivity index (χ0) is 29.6. The van der Waals surface area contributed by atoms with Crippen molar-refractivity contribution in [2.24, 2.45) is 0 Å². The van der Waals surface area contributed by atoms with E-state index in [0.717, 1.165) is 42.8 Å². The van der Waals surface area contributed by atoms with Gasteiger partial charge in [0.2, 0.25) is 5.91 Å². The van der Waals surface area contributed by atoms with Gasteiger partial charge in [0.25, 0.3) is 5.91 Å². The molecule has 1 aliphatic carbocycles. The van der Waals surface area contributed by atoms with Crippen LogP contribution in [0.1, 0.15) is 52.5 Å². The Morgan fingerprint density at radius 3 is 2.17 bits per heavy atom. The van der Waals surface area contributed by atoms with Crippen molar-refractivity contribution in [2.75, 3.05) is 20.0 Å². The SMILES string of the molecule is COc1ccc(-c2nsc(C(=O)N(Cc3ccc(F)cc3)C(C(=O)NC3CCCC3)c3ccc(OC)cc3)c2N)cc1. The van der Waals surface area contributed by atoms with E-state index in [1.54, 1.807) is 62.8 Å². The third kappa shape index (κ3) is 6.38. The third-order valence-electron chi connectivity index (χ3n) is 7.51. The number of nitrogens with zero attached hydrogens (tertiary/aromatic N) is 2. The van der Waals surface area contributed by atoms with Gasteiger partial charge in [-0.15, -0.1) is 0 Å². The van der Waals surface area contributed by atoms with Gasteiger partial charge in [-0.25, -0.2) is 4.39 Å². The molecule has 0 aliphatic heterocycles. The predicted octanol–water partition coefficient (Wildman–Crippen LogP) is 5.99. The number of amides is 2. The van der Waals surface area contributed by atoms with Crippen LogP contribution >= 0.6 is 11.5 Å². The molecule has 1 saturated carbocycles. The Morgan fingerprint density at radius 2 is 1.57 bits per heavy atom. The second kappa shape index (κ2) is 13.0. The van der Waals surface area contributed by atoms with Crippen molar-refractivity contribution in [3.05, 3.63) is 94.6 Å². The first-order chi connectivity index (χ1) is 20.4. The van der Waals surface area contributed by atoms with Crippen molar-refractivity contribution in [3.8, 4) is 22.8 Å². The van der Waals surface area contributed by atoms with Crippen LogP contribution in [0.5, 0.6) is 11.5 Å². The highest BCUT2D eigenvalue weighted by Gasteiger charge is 2.36. The second-order valence-electron chi connectivity index (χ2n) is 10.2. The maximum Gasteiger partial charge on any atom is 0.268 e. The molecule has 0 saturated heterocycles. The van der Waals surface area contributed by atoms with Gasteiger partial charge in [-0.2, -0.15) is 4.37 Å². The van der Waals surface area contributed by atoms with Gasteiger partial charge in [0.15, 0.2) is 0 Å². The lowest BCUT2D eigenvalue weighted by atomic mass is 10.0. The molecule has 0 radical (unpaired) electrons. The smallest absolute Gasteiger partial charge is 0.268 e. The van der Waals surface area contributed by atoms with Crippen molar-refractivity contribution in [1.82, 2.24) is 14.6 Å². The number of methoxy groups -OCH3 is 2. The number of hydrogen-bond acceptors (Lipinski definition) is 7. The number of ether oxygens (including phenoxy) is 2. The Morgan fingerprint density at radius 1 is 0.976 bits per heavy atom.